The summed E-state index contributed by atoms with van der Waals surface area (Å²) in [5.74, 6) is -0.692. The van der Waals surface area contributed by atoms with Crippen molar-refractivity contribution in [3.05, 3.63) is 88.7 Å². The number of rotatable bonds is 7. The lowest BCUT2D eigenvalue weighted by molar-refractivity contribution is -0.136. The van der Waals surface area contributed by atoms with E-state index in [1.165, 1.54) is 0 Å². The first-order chi connectivity index (χ1) is 13.5. The highest BCUT2D eigenvalue weighted by Gasteiger charge is 2.12. The molecule has 0 aliphatic carbocycles. The number of benzene rings is 3. The van der Waals surface area contributed by atoms with Gasteiger partial charge in [-0.05, 0) is 30.2 Å². The number of carbonyl (C=O) groups is 1. The van der Waals surface area contributed by atoms with Gasteiger partial charge in [0.05, 0.1) is 6.42 Å². The van der Waals surface area contributed by atoms with Gasteiger partial charge in [-0.15, -0.1) is 0 Å². The first-order valence-corrected chi connectivity index (χ1v) is 8.99. The molecule has 0 amide bonds. The van der Waals surface area contributed by atoms with Gasteiger partial charge in [0.25, 0.3) is 0 Å². The number of aliphatic carboxylic acids is 1. The molecule has 0 saturated carbocycles. The van der Waals surface area contributed by atoms with Gasteiger partial charge < -0.3 is 15.6 Å². The Hall–Kier alpha value is -3.18. The second-order valence-corrected chi connectivity index (χ2v) is 6.66. The van der Waals surface area contributed by atoms with E-state index in [9.17, 15) is 9.18 Å². The Labute approximate surface area is 163 Å². The van der Waals surface area contributed by atoms with Crippen molar-refractivity contribution < 1.29 is 19.0 Å². The average molecular weight is 379 g/mol. The van der Waals surface area contributed by atoms with Gasteiger partial charge in [0.2, 0.25) is 0 Å². The number of aryl methyl sites for hydroxylation is 1. The van der Waals surface area contributed by atoms with E-state index in [0.717, 1.165) is 16.7 Å². The molecule has 0 aliphatic heterocycles. The van der Waals surface area contributed by atoms with E-state index in [4.69, 9.17) is 15.6 Å². The van der Waals surface area contributed by atoms with Gasteiger partial charge >= 0.3 is 5.97 Å². The van der Waals surface area contributed by atoms with Crippen molar-refractivity contribution in [1.82, 2.24) is 0 Å². The van der Waals surface area contributed by atoms with E-state index >= 15 is 0 Å². The van der Waals surface area contributed by atoms with Crippen LogP contribution in [0.25, 0.3) is 11.1 Å². The lowest BCUT2D eigenvalue weighted by atomic mass is 9.98. The highest BCUT2D eigenvalue weighted by atomic mass is 19.1. The summed E-state index contributed by atoms with van der Waals surface area (Å²) in [6, 6.07) is 18.0. The number of halogens is 1. The quantitative estimate of drug-likeness (QED) is 0.635. The Kier molecular flexibility index (Phi) is 6.06. The second-order valence-electron chi connectivity index (χ2n) is 6.66. The summed E-state index contributed by atoms with van der Waals surface area (Å²) in [6.45, 7) is 2.33. The predicted molar refractivity (Wildman–Crippen MR) is 107 cm³/mol. The monoisotopic (exact) mass is 379 g/mol. The Balaban J connectivity index is 1.87. The molecule has 3 aromatic carbocycles. The molecule has 0 bridgehead atoms. The summed E-state index contributed by atoms with van der Waals surface area (Å²) >= 11 is 0. The molecule has 28 heavy (non-hydrogen) atoms. The molecular formula is C23H22FNO3. The zero-order valence-corrected chi connectivity index (χ0v) is 15.6. The minimum atomic E-state index is -0.913. The van der Waals surface area contributed by atoms with Crippen molar-refractivity contribution in [2.45, 2.75) is 26.5 Å². The van der Waals surface area contributed by atoms with Crippen LogP contribution in [0.15, 0.2) is 60.7 Å². The summed E-state index contributed by atoms with van der Waals surface area (Å²) in [5, 5.41) is 9.04. The SMILES string of the molecule is Cc1cc(COc2ccccc2CC(=O)O)cc(-c2cccc(CN)c2F)c1. The molecule has 3 aromatic rings. The van der Waals surface area contributed by atoms with Crippen LogP contribution < -0.4 is 10.5 Å². The Bertz CT molecular complexity index is 1000. The van der Waals surface area contributed by atoms with Gasteiger partial charge in [0.15, 0.2) is 0 Å². The van der Waals surface area contributed by atoms with E-state index in [2.05, 4.69) is 0 Å². The number of carboxylic acid groups (broad SMARTS) is 1. The number of carboxylic acids is 1. The van der Waals surface area contributed by atoms with Gasteiger partial charge in [0.1, 0.15) is 18.2 Å². The highest BCUT2D eigenvalue weighted by molar-refractivity contribution is 5.71. The third-order valence-electron chi connectivity index (χ3n) is 4.46. The van der Waals surface area contributed by atoms with E-state index in [1.807, 2.05) is 25.1 Å². The van der Waals surface area contributed by atoms with Crippen LogP contribution in [-0.4, -0.2) is 11.1 Å². The number of ether oxygens (including phenoxy) is 1. The maximum absolute atomic E-state index is 14.7. The number of nitrogens with two attached hydrogens (primary N) is 1. The largest absolute Gasteiger partial charge is 0.489 e. The van der Waals surface area contributed by atoms with Crippen molar-refractivity contribution in [2.75, 3.05) is 0 Å². The van der Waals surface area contributed by atoms with Crippen LogP contribution >= 0.6 is 0 Å². The molecular weight excluding hydrogens is 357 g/mol. The number of hydrogen-bond acceptors (Lipinski definition) is 3. The number of hydrogen-bond donors (Lipinski definition) is 2. The molecule has 3 rings (SSSR count). The van der Waals surface area contributed by atoms with Crippen LogP contribution in [0.3, 0.4) is 0 Å². The van der Waals surface area contributed by atoms with E-state index in [1.54, 1.807) is 42.5 Å². The van der Waals surface area contributed by atoms with E-state index < -0.39 is 5.97 Å². The van der Waals surface area contributed by atoms with Crippen LogP contribution in [0.2, 0.25) is 0 Å². The summed E-state index contributed by atoms with van der Waals surface area (Å²) in [5.41, 5.74) is 9.81. The van der Waals surface area contributed by atoms with Gasteiger partial charge in [-0.25, -0.2) is 4.39 Å². The molecule has 0 aromatic heterocycles. The fourth-order valence-electron chi connectivity index (χ4n) is 3.18. The van der Waals surface area contributed by atoms with Crippen molar-refractivity contribution in [3.8, 4) is 16.9 Å². The molecule has 3 N–H and O–H groups in total. The van der Waals surface area contributed by atoms with Crippen molar-refractivity contribution in [2.24, 2.45) is 5.73 Å². The standard InChI is InChI=1S/C23H22FNO3/c1-15-9-16(14-28-21-8-3-2-5-17(21)12-22(26)27)11-19(10-15)20-7-4-6-18(13-25)23(20)24/h2-11H,12-14,25H2,1H3,(H,26,27). The molecule has 0 unspecified atom stereocenters. The third-order valence-corrected chi connectivity index (χ3v) is 4.46. The first kappa shape index (κ1) is 19.6. The topological polar surface area (TPSA) is 72.5 Å². The summed E-state index contributed by atoms with van der Waals surface area (Å²) < 4.78 is 20.5. The summed E-state index contributed by atoms with van der Waals surface area (Å²) in [7, 11) is 0. The Morgan fingerprint density at radius 3 is 2.57 bits per heavy atom. The van der Waals surface area contributed by atoms with Crippen LogP contribution in [-0.2, 0) is 24.4 Å². The molecule has 5 heteroatoms. The average Bonchev–Trinajstić information content (AvgIpc) is 2.66. The first-order valence-electron chi connectivity index (χ1n) is 8.99. The van der Waals surface area contributed by atoms with Gasteiger partial charge in [0, 0.05) is 23.2 Å². The Morgan fingerprint density at radius 2 is 1.82 bits per heavy atom. The molecule has 0 heterocycles. The van der Waals surface area contributed by atoms with Crippen LogP contribution in [0.1, 0.15) is 22.3 Å². The molecule has 144 valence electrons. The highest BCUT2D eigenvalue weighted by Crippen LogP contribution is 2.28. The summed E-state index contributed by atoms with van der Waals surface area (Å²) in [4.78, 5) is 11.0. The second kappa shape index (κ2) is 8.67. The fraction of sp³-hybridized carbons (Fsp3) is 0.174. The minimum absolute atomic E-state index is 0.105. The van der Waals surface area contributed by atoms with Crippen molar-refractivity contribution in [1.29, 1.82) is 0 Å². The molecule has 0 spiro atoms. The van der Waals surface area contributed by atoms with Crippen LogP contribution in [0, 0.1) is 12.7 Å². The molecule has 0 fully saturated rings. The molecule has 4 nitrogen and oxygen atoms in total. The zero-order valence-electron chi connectivity index (χ0n) is 15.6. The van der Waals surface area contributed by atoms with Gasteiger partial charge in [-0.1, -0.05) is 54.1 Å². The number of para-hydroxylation sites is 1. The molecule has 0 aliphatic rings. The summed E-state index contributed by atoms with van der Waals surface area (Å²) in [6.07, 6.45) is -0.105. The van der Waals surface area contributed by atoms with E-state index in [-0.39, 0.29) is 25.4 Å². The van der Waals surface area contributed by atoms with Crippen LogP contribution in [0.5, 0.6) is 5.75 Å². The molecule has 0 saturated heterocycles. The van der Waals surface area contributed by atoms with Gasteiger partial charge in [-0.3, -0.25) is 4.79 Å². The lowest BCUT2D eigenvalue weighted by Gasteiger charge is -2.13. The predicted octanol–water partition coefficient (Wildman–Crippen LogP) is 4.47. The molecule has 0 atom stereocenters. The smallest absolute Gasteiger partial charge is 0.307 e. The van der Waals surface area contributed by atoms with Crippen molar-refractivity contribution >= 4 is 5.97 Å². The zero-order chi connectivity index (χ0) is 20.1. The fourth-order valence-corrected chi connectivity index (χ4v) is 3.18. The molecule has 0 radical (unpaired) electrons. The third kappa shape index (κ3) is 4.56. The van der Waals surface area contributed by atoms with Crippen LogP contribution in [0.4, 0.5) is 4.39 Å². The maximum Gasteiger partial charge on any atom is 0.307 e. The van der Waals surface area contributed by atoms with E-state index in [0.29, 0.717) is 22.4 Å². The van der Waals surface area contributed by atoms with Crippen molar-refractivity contribution in [3.63, 3.8) is 0 Å². The lowest BCUT2D eigenvalue weighted by Crippen LogP contribution is -2.04. The Morgan fingerprint density at radius 1 is 1.07 bits per heavy atom. The maximum atomic E-state index is 14.7. The minimum Gasteiger partial charge on any atom is -0.489 e. The van der Waals surface area contributed by atoms with Gasteiger partial charge in [-0.2, -0.15) is 0 Å². The normalized spacial score (nSPS) is 10.7.